The number of imidazole rings is 1. The summed E-state index contributed by atoms with van der Waals surface area (Å²) in [5.41, 5.74) is 1.97. The third-order valence-corrected chi connectivity index (χ3v) is 2.87. The van der Waals surface area contributed by atoms with Gasteiger partial charge >= 0.3 is 10.1 Å². The first-order chi connectivity index (χ1) is 7.52. The van der Waals surface area contributed by atoms with Gasteiger partial charge in [0.05, 0.1) is 11.0 Å². The number of hydrogen-bond acceptors (Lipinski definition) is 3. The standard InChI is InChI=1S/C10H10N2O3S/c1-2-4-7-5-3-6-8-9(7)12-10(11-8)16(13,14)15/h2-3,5-6H,1,4H2,(H,11,12)(H,13,14,15). The molecule has 16 heavy (non-hydrogen) atoms. The highest BCUT2D eigenvalue weighted by Crippen LogP contribution is 2.19. The van der Waals surface area contributed by atoms with E-state index in [-0.39, 0.29) is 0 Å². The Morgan fingerprint density at radius 2 is 2.25 bits per heavy atom. The van der Waals surface area contributed by atoms with Gasteiger partial charge in [0.2, 0.25) is 0 Å². The van der Waals surface area contributed by atoms with Gasteiger partial charge in [-0.3, -0.25) is 4.55 Å². The number of allylic oxidation sites excluding steroid dienone is 1. The van der Waals surface area contributed by atoms with Crippen LogP contribution >= 0.6 is 0 Å². The smallest absolute Gasteiger partial charge is 0.327 e. The zero-order chi connectivity index (χ0) is 11.8. The first-order valence-corrected chi connectivity index (χ1v) is 6.02. The van der Waals surface area contributed by atoms with Gasteiger partial charge in [-0.05, 0) is 18.1 Å². The van der Waals surface area contributed by atoms with E-state index >= 15 is 0 Å². The van der Waals surface area contributed by atoms with Crippen molar-refractivity contribution in [2.24, 2.45) is 0 Å². The van der Waals surface area contributed by atoms with Crippen molar-refractivity contribution < 1.29 is 13.0 Å². The Balaban J connectivity index is 2.70. The molecule has 0 atom stereocenters. The second-order valence-electron chi connectivity index (χ2n) is 3.32. The number of para-hydroxylation sites is 1. The molecular formula is C10H10N2O3S. The first kappa shape index (κ1) is 10.8. The molecule has 6 heteroatoms. The highest BCUT2D eigenvalue weighted by atomic mass is 32.2. The van der Waals surface area contributed by atoms with Gasteiger partial charge < -0.3 is 4.98 Å². The summed E-state index contributed by atoms with van der Waals surface area (Å²) in [6.45, 7) is 3.61. The number of aromatic amines is 1. The van der Waals surface area contributed by atoms with Crippen molar-refractivity contribution in [3.63, 3.8) is 0 Å². The van der Waals surface area contributed by atoms with Gasteiger partial charge in [0, 0.05) is 0 Å². The minimum Gasteiger partial charge on any atom is -0.327 e. The number of rotatable bonds is 3. The van der Waals surface area contributed by atoms with Gasteiger partial charge in [-0.1, -0.05) is 18.2 Å². The molecule has 0 amide bonds. The summed E-state index contributed by atoms with van der Waals surface area (Å²) >= 11 is 0. The Labute approximate surface area is 92.6 Å². The van der Waals surface area contributed by atoms with Gasteiger partial charge in [0.25, 0.3) is 5.16 Å². The van der Waals surface area contributed by atoms with E-state index in [0.717, 1.165) is 5.56 Å². The molecule has 5 nitrogen and oxygen atoms in total. The zero-order valence-corrected chi connectivity index (χ0v) is 9.16. The van der Waals surface area contributed by atoms with Crippen LogP contribution in [0, 0.1) is 0 Å². The molecule has 0 aliphatic heterocycles. The van der Waals surface area contributed by atoms with Crippen molar-refractivity contribution in [1.29, 1.82) is 0 Å². The fourth-order valence-electron chi connectivity index (χ4n) is 1.51. The normalized spacial score (nSPS) is 11.8. The van der Waals surface area contributed by atoms with Crippen LogP contribution in [0.4, 0.5) is 0 Å². The predicted molar refractivity (Wildman–Crippen MR) is 59.8 cm³/mol. The SMILES string of the molecule is C=CCc1cccc2[nH]c(S(=O)(=O)O)nc12. The highest BCUT2D eigenvalue weighted by molar-refractivity contribution is 7.85. The fraction of sp³-hybridized carbons (Fsp3) is 0.100. The average molecular weight is 238 g/mol. The van der Waals surface area contributed by atoms with E-state index in [0.29, 0.717) is 17.5 Å². The fourth-order valence-corrected chi connectivity index (χ4v) is 1.96. The van der Waals surface area contributed by atoms with Crippen LogP contribution in [0.2, 0.25) is 0 Å². The Morgan fingerprint density at radius 3 is 2.88 bits per heavy atom. The van der Waals surface area contributed by atoms with Crippen molar-refractivity contribution in [2.45, 2.75) is 11.6 Å². The predicted octanol–water partition coefficient (Wildman–Crippen LogP) is 1.54. The minimum atomic E-state index is -4.29. The van der Waals surface area contributed by atoms with Crippen molar-refractivity contribution in [1.82, 2.24) is 9.97 Å². The summed E-state index contributed by atoms with van der Waals surface area (Å²) in [6.07, 6.45) is 2.30. The molecule has 1 aromatic carbocycles. The lowest BCUT2D eigenvalue weighted by Gasteiger charge is -1.96. The van der Waals surface area contributed by atoms with Crippen molar-refractivity contribution in [3.05, 3.63) is 36.4 Å². The maximum absolute atomic E-state index is 10.9. The summed E-state index contributed by atoms with van der Waals surface area (Å²) in [4.78, 5) is 6.41. The number of nitrogens with one attached hydrogen (secondary N) is 1. The van der Waals surface area contributed by atoms with Gasteiger partial charge in [-0.25, -0.2) is 4.98 Å². The van der Waals surface area contributed by atoms with Crippen LogP contribution in [0.3, 0.4) is 0 Å². The number of nitrogens with zero attached hydrogens (tertiary/aromatic N) is 1. The van der Waals surface area contributed by atoms with Crippen LogP contribution in [-0.4, -0.2) is 22.9 Å². The van der Waals surface area contributed by atoms with Crippen LogP contribution in [0.1, 0.15) is 5.56 Å². The number of aromatic nitrogens is 2. The second-order valence-corrected chi connectivity index (χ2v) is 4.66. The summed E-state index contributed by atoms with van der Waals surface area (Å²) in [6, 6.07) is 5.31. The van der Waals surface area contributed by atoms with Crippen LogP contribution in [0.15, 0.2) is 36.0 Å². The van der Waals surface area contributed by atoms with E-state index in [1.165, 1.54) is 0 Å². The molecule has 2 aromatic rings. The monoisotopic (exact) mass is 238 g/mol. The Kier molecular flexibility index (Phi) is 2.53. The average Bonchev–Trinajstić information content (AvgIpc) is 2.62. The van der Waals surface area contributed by atoms with Crippen molar-refractivity contribution in [2.75, 3.05) is 0 Å². The van der Waals surface area contributed by atoms with Gasteiger partial charge in [0.15, 0.2) is 0 Å². The number of fused-ring (bicyclic) bond motifs is 1. The zero-order valence-electron chi connectivity index (χ0n) is 8.34. The molecule has 2 rings (SSSR count). The molecule has 0 spiro atoms. The highest BCUT2D eigenvalue weighted by Gasteiger charge is 2.16. The molecule has 0 bridgehead atoms. The maximum Gasteiger partial charge on any atom is 0.328 e. The molecule has 0 aliphatic carbocycles. The molecule has 0 aliphatic rings. The first-order valence-electron chi connectivity index (χ1n) is 4.58. The number of benzene rings is 1. The molecule has 1 heterocycles. The second kappa shape index (κ2) is 3.73. The van der Waals surface area contributed by atoms with Crippen LogP contribution in [0.25, 0.3) is 11.0 Å². The molecule has 0 unspecified atom stereocenters. The van der Waals surface area contributed by atoms with E-state index in [4.69, 9.17) is 4.55 Å². The number of H-pyrrole nitrogens is 1. The molecule has 0 fully saturated rings. The molecule has 0 radical (unpaired) electrons. The van der Waals surface area contributed by atoms with Crippen LogP contribution in [0.5, 0.6) is 0 Å². The molecule has 1 aromatic heterocycles. The molecule has 84 valence electrons. The quantitative estimate of drug-likeness (QED) is 0.627. The van der Waals surface area contributed by atoms with E-state index in [2.05, 4.69) is 16.5 Å². The van der Waals surface area contributed by atoms with Crippen molar-refractivity contribution in [3.8, 4) is 0 Å². The van der Waals surface area contributed by atoms with E-state index in [1.54, 1.807) is 18.2 Å². The Bertz CT molecular complexity index is 643. The lowest BCUT2D eigenvalue weighted by atomic mass is 10.1. The Morgan fingerprint density at radius 1 is 1.50 bits per heavy atom. The Hall–Kier alpha value is -1.66. The third kappa shape index (κ3) is 1.84. The van der Waals surface area contributed by atoms with Crippen LogP contribution in [-0.2, 0) is 16.5 Å². The molecule has 0 saturated heterocycles. The van der Waals surface area contributed by atoms with E-state index in [1.807, 2.05) is 6.07 Å². The van der Waals surface area contributed by atoms with Crippen molar-refractivity contribution >= 4 is 21.2 Å². The number of hydrogen-bond donors (Lipinski definition) is 2. The largest absolute Gasteiger partial charge is 0.328 e. The minimum absolute atomic E-state index is 0.431. The maximum atomic E-state index is 10.9. The topological polar surface area (TPSA) is 83.0 Å². The molecule has 0 saturated carbocycles. The van der Waals surface area contributed by atoms with Gasteiger partial charge in [0.1, 0.15) is 0 Å². The summed E-state index contributed by atoms with van der Waals surface area (Å²) in [5, 5.41) is -0.431. The lowest BCUT2D eigenvalue weighted by molar-refractivity contribution is 0.476. The van der Waals surface area contributed by atoms with Gasteiger partial charge in [-0.2, -0.15) is 8.42 Å². The third-order valence-electron chi connectivity index (χ3n) is 2.18. The summed E-state index contributed by atoms with van der Waals surface area (Å²) in [5.74, 6) is 0. The van der Waals surface area contributed by atoms with E-state index < -0.39 is 15.3 Å². The molecular weight excluding hydrogens is 228 g/mol. The van der Waals surface area contributed by atoms with E-state index in [9.17, 15) is 8.42 Å². The summed E-state index contributed by atoms with van der Waals surface area (Å²) < 4.78 is 30.7. The van der Waals surface area contributed by atoms with Crippen LogP contribution < -0.4 is 0 Å². The summed E-state index contributed by atoms with van der Waals surface area (Å²) in [7, 11) is -4.29. The molecule has 2 N–H and O–H groups in total. The lowest BCUT2D eigenvalue weighted by Crippen LogP contribution is -1.99. The van der Waals surface area contributed by atoms with Gasteiger partial charge in [-0.15, -0.1) is 6.58 Å².